The molecule has 4 aromatic rings. The molecule has 5 heterocycles. The molecule has 0 N–H and O–H groups in total. The fourth-order valence-electron chi connectivity index (χ4n) is 4.35. The predicted octanol–water partition coefficient (Wildman–Crippen LogP) is 2.81. The Bertz CT molecular complexity index is 1270. The Labute approximate surface area is 180 Å². The van der Waals surface area contributed by atoms with E-state index in [1.165, 1.54) is 5.69 Å². The van der Waals surface area contributed by atoms with Crippen LogP contribution in [0, 0.1) is 12.8 Å². The van der Waals surface area contributed by atoms with Crippen molar-refractivity contribution in [3.8, 4) is 11.3 Å². The van der Waals surface area contributed by atoms with E-state index < -0.39 is 0 Å². The van der Waals surface area contributed by atoms with Crippen molar-refractivity contribution < 1.29 is 0 Å². The summed E-state index contributed by atoms with van der Waals surface area (Å²) < 4.78 is 3.88. The molecule has 31 heavy (non-hydrogen) atoms. The summed E-state index contributed by atoms with van der Waals surface area (Å²) in [6.07, 6.45) is 8.76. The lowest BCUT2D eigenvalue weighted by atomic mass is 9.96. The molecule has 0 aromatic carbocycles. The van der Waals surface area contributed by atoms with Crippen LogP contribution in [-0.2, 0) is 13.6 Å². The maximum atomic E-state index is 12.6. The summed E-state index contributed by atoms with van der Waals surface area (Å²) in [4.78, 5) is 32.6. The molecule has 1 aliphatic heterocycles. The molecule has 5 rings (SSSR count). The number of piperidine rings is 1. The average molecular weight is 416 g/mol. The summed E-state index contributed by atoms with van der Waals surface area (Å²) in [5, 5.41) is 0. The van der Waals surface area contributed by atoms with Gasteiger partial charge in [-0.2, -0.15) is 0 Å². The third-order valence-electron chi connectivity index (χ3n) is 6.25. The number of anilines is 1. The summed E-state index contributed by atoms with van der Waals surface area (Å²) in [6.45, 7) is 4.60. The first-order valence-electron chi connectivity index (χ1n) is 10.6. The first kappa shape index (κ1) is 19.4. The molecular weight excluding hydrogens is 390 g/mol. The molecule has 1 fully saturated rings. The van der Waals surface area contributed by atoms with Crippen LogP contribution in [0.5, 0.6) is 0 Å². The van der Waals surface area contributed by atoms with Gasteiger partial charge in [0.2, 0.25) is 0 Å². The molecule has 0 bridgehead atoms. The maximum absolute atomic E-state index is 12.6. The number of nitrogens with zero attached hydrogens (tertiary/aromatic N) is 7. The van der Waals surface area contributed by atoms with E-state index in [1.54, 1.807) is 35.7 Å². The van der Waals surface area contributed by atoms with Crippen molar-refractivity contribution in [1.29, 1.82) is 0 Å². The van der Waals surface area contributed by atoms with E-state index in [0.29, 0.717) is 18.2 Å². The number of pyridine rings is 1. The van der Waals surface area contributed by atoms with E-state index in [-0.39, 0.29) is 5.56 Å². The summed E-state index contributed by atoms with van der Waals surface area (Å²) in [5.74, 6) is 1.44. The third kappa shape index (κ3) is 3.69. The number of aromatic nitrogens is 6. The van der Waals surface area contributed by atoms with Crippen LogP contribution in [0.2, 0.25) is 0 Å². The van der Waals surface area contributed by atoms with Gasteiger partial charge in [-0.15, -0.1) is 0 Å². The molecule has 0 spiro atoms. The van der Waals surface area contributed by atoms with E-state index in [1.807, 2.05) is 12.1 Å². The van der Waals surface area contributed by atoms with Crippen LogP contribution in [0.25, 0.3) is 22.3 Å². The highest BCUT2D eigenvalue weighted by atomic mass is 16.1. The molecule has 8 heteroatoms. The number of rotatable bonds is 4. The van der Waals surface area contributed by atoms with Gasteiger partial charge in [0.15, 0.2) is 5.82 Å². The van der Waals surface area contributed by atoms with Crippen LogP contribution < -0.4 is 10.5 Å². The van der Waals surface area contributed by atoms with Gasteiger partial charge in [-0.3, -0.25) is 14.3 Å². The van der Waals surface area contributed by atoms with Crippen LogP contribution in [0.3, 0.4) is 0 Å². The molecule has 0 aliphatic carbocycles. The molecule has 158 valence electrons. The van der Waals surface area contributed by atoms with E-state index in [4.69, 9.17) is 0 Å². The van der Waals surface area contributed by atoms with Crippen molar-refractivity contribution in [3.05, 3.63) is 65.4 Å². The Kier molecular flexibility index (Phi) is 4.97. The van der Waals surface area contributed by atoms with Gasteiger partial charge in [-0.05, 0) is 43.9 Å². The Balaban J connectivity index is 1.28. The molecule has 1 aliphatic rings. The standard InChI is InChI=1S/C23H25N7O/c1-16-10-20-22(28(16)2)23(26-14-25-20)29-8-5-17(6-9-29)13-30-15-27-19(11-21(30)31)18-4-3-7-24-12-18/h3-4,7,10-12,14-15,17H,5-6,8-9,13H2,1-2H3. The highest BCUT2D eigenvalue weighted by molar-refractivity contribution is 5.87. The second-order valence-electron chi connectivity index (χ2n) is 8.21. The van der Waals surface area contributed by atoms with Gasteiger partial charge >= 0.3 is 0 Å². The van der Waals surface area contributed by atoms with Gasteiger partial charge in [0, 0.05) is 56.4 Å². The van der Waals surface area contributed by atoms with Crippen molar-refractivity contribution in [2.45, 2.75) is 26.3 Å². The third-order valence-corrected chi connectivity index (χ3v) is 6.25. The summed E-state index contributed by atoms with van der Waals surface area (Å²) >= 11 is 0. The molecule has 0 radical (unpaired) electrons. The number of fused-ring (bicyclic) bond motifs is 1. The molecule has 4 aromatic heterocycles. The van der Waals surface area contributed by atoms with Gasteiger partial charge in [0.1, 0.15) is 11.8 Å². The van der Waals surface area contributed by atoms with Gasteiger partial charge in [0.05, 0.1) is 17.5 Å². The smallest absolute Gasteiger partial charge is 0.253 e. The lowest BCUT2D eigenvalue weighted by Crippen LogP contribution is -2.37. The van der Waals surface area contributed by atoms with Crippen LogP contribution in [0.1, 0.15) is 18.5 Å². The second-order valence-corrected chi connectivity index (χ2v) is 8.21. The molecule has 8 nitrogen and oxygen atoms in total. The van der Waals surface area contributed by atoms with E-state index in [2.05, 4.69) is 49.4 Å². The molecule has 0 saturated carbocycles. The topological polar surface area (TPSA) is 81.7 Å². The number of hydrogen-bond donors (Lipinski definition) is 0. The van der Waals surface area contributed by atoms with Crippen LogP contribution >= 0.6 is 0 Å². The molecule has 0 unspecified atom stereocenters. The average Bonchev–Trinajstić information content (AvgIpc) is 3.10. The quantitative estimate of drug-likeness (QED) is 0.510. The van der Waals surface area contributed by atoms with E-state index >= 15 is 0 Å². The number of aryl methyl sites for hydroxylation is 2. The Morgan fingerprint density at radius 2 is 1.97 bits per heavy atom. The van der Waals surface area contributed by atoms with Crippen LogP contribution in [-0.4, -0.2) is 42.2 Å². The molecular formula is C23H25N7O. The van der Waals surface area contributed by atoms with Crippen LogP contribution in [0.4, 0.5) is 5.82 Å². The Morgan fingerprint density at radius 1 is 1.13 bits per heavy atom. The van der Waals surface area contributed by atoms with Crippen molar-refractivity contribution in [1.82, 2.24) is 29.1 Å². The maximum Gasteiger partial charge on any atom is 0.253 e. The molecule has 1 saturated heterocycles. The van der Waals surface area contributed by atoms with Gasteiger partial charge < -0.3 is 9.47 Å². The van der Waals surface area contributed by atoms with Gasteiger partial charge in [0.25, 0.3) is 5.56 Å². The summed E-state index contributed by atoms with van der Waals surface area (Å²) in [5.41, 5.74) is 4.74. The first-order chi connectivity index (χ1) is 15.1. The fraction of sp³-hybridized carbons (Fsp3) is 0.348. The second kappa shape index (κ2) is 7.94. The first-order valence-corrected chi connectivity index (χ1v) is 10.6. The minimum Gasteiger partial charge on any atom is -0.355 e. The van der Waals surface area contributed by atoms with Crippen molar-refractivity contribution in [2.75, 3.05) is 18.0 Å². The van der Waals surface area contributed by atoms with Crippen molar-refractivity contribution in [3.63, 3.8) is 0 Å². The van der Waals surface area contributed by atoms with Gasteiger partial charge in [-0.25, -0.2) is 15.0 Å². The Morgan fingerprint density at radius 3 is 2.71 bits per heavy atom. The zero-order chi connectivity index (χ0) is 21.4. The van der Waals surface area contributed by atoms with E-state index in [9.17, 15) is 4.79 Å². The lowest BCUT2D eigenvalue weighted by Gasteiger charge is -2.33. The van der Waals surface area contributed by atoms with Crippen LogP contribution in [0.15, 0.2) is 54.1 Å². The lowest BCUT2D eigenvalue weighted by molar-refractivity contribution is 0.350. The number of hydrogen-bond acceptors (Lipinski definition) is 6. The zero-order valence-corrected chi connectivity index (χ0v) is 17.8. The van der Waals surface area contributed by atoms with Crippen molar-refractivity contribution in [2.24, 2.45) is 13.0 Å². The minimum absolute atomic E-state index is 0.0203. The Hall–Kier alpha value is -3.55. The highest BCUT2D eigenvalue weighted by Gasteiger charge is 2.23. The normalized spacial score (nSPS) is 15.0. The monoisotopic (exact) mass is 415 g/mol. The molecule has 0 amide bonds. The SMILES string of the molecule is Cc1cc2ncnc(N3CCC(Cn4cnc(-c5cccnc5)cc4=O)CC3)c2n1C. The summed E-state index contributed by atoms with van der Waals surface area (Å²) in [7, 11) is 2.06. The molecule has 0 atom stereocenters. The van der Waals surface area contributed by atoms with Gasteiger partial charge in [-0.1, -0.05) is 0 Å². The minimum atomic E-state index is -0.0203. The highest BCUT2D eigenvalue weighted by Crippen LogP contribution is 2.29. The summed E-state index contributed by atoms with van der Waals surface area (Å²) in [6, 6.07) is 7.45. The largest absolute Gasteiger partial charge is 0.355 e. The predicted molar refractivity (Wildman–Crippen MR) is 120 cm³/mol. The zero-order valence-electron chi connectivity index (χ0n) is 17.8. The van der Waals surface area contributed by atoms with Crippen molar-refractivity contribution >= 4 is 16.9 Å². The fourth-order valence-corrected chi connectivity index (χ4v) is 4.35. The van der Waals surface area contributed by atoms with E-state index in [0.717, 1.165) is 48.3 Å².